The van der Waals surface area contributed by atoms with Crippen LogP contribution in [0.1, 0.15) is 34.1 Å². The third-order valence-electron chi connectivity index (χ3n) is 2.03. The van der Waals surface area contributed by atoms with E-state index in [0.717, 1.165) is 0 Å². The van der Waals surface area contributed by atoms with Gasteiger partial charge in [0.1, 0.15) is 6.04 Å². The van der Waals surface area contributed by atoms with Crippen molar-refractivity contribution < 1.29 is 15.0 Å². The predicted molar refractivity (Wildman–Crippen MR) is 55.2 cm³/mol. The number of carboxylic acid groups (broad SMARTS) is 1. The standard InChI is InChI=1S/C10H21NO3/c1-7(2)8(9(12)13)11-6-5-10(3,4)14/h7-8,11,14H,5-6H2,1-4H3,(H,12,13). The molecular weight excluding hydrogens is 182 g/mol. The van der Waals surface area contributed by atoms with Crippen LogP contribution in [-0.4, -0.2) is 34.4 Å². The summed E-state index contributed by atoms with van der Waals surface area (Å²) >= 11 is 0. The number of carbonyl (C=O) groups is 1. The van der Waals surface area contributed by atoms with E-state index in [2.05, 4.69) is 5.32 Å². The number of rotatable bonds is 6. The molecule has 4 heteroatoms. The Kier molecular flexibility index (Phi) is 5.08. The molecule has 3 N–H and O–H groups in total. The lowest BCUT2D eigenvalue weighted by atomic mass is 10.0. The van der Waals surface area contributed by atoms with Gasteiger partial charge in [-0.25, -0.2) is 0 Å². The summed E-state index contributed by atoms with van der Waals surface area (Å²) in [5.41, 5.74) is -0.743. The van der Waals surface area contributed by atoms with Crippen molar-refractivity contribution in [3.8, 4) is 0 Å². The summed E-state index contributed by atoms with van der Waals surface area (Å²) in [6.07, 6.45) is 0.545. The number of carboxylic acids is 1. The second-order valence-electron chi connectivity index (χ2n) is 4.58. The molecule has 0 aliphatic rings. The highest BCUT2D eigenvalue weighted by Gasteiger charge is 2.21. The van der Waals surface area contributed by atoms with Gasteiger partial charge in [0.25, 0.3) is 0 Å². The number of hydrogen-bond donors (Lipinski definition) is 3. The number of nitrogens with one attached hydrogen (secondary N) is 1. The minimum Gasteiger partial charge on any atom is -0.480 e. The fraction of sp³-hybridized carbons (Fsp3) is 0.900. The third kappa shape index (κ3) is 5.94. The topological polar surface area (TPSA) is 69.6 Å². The molecule has 0 aromatic heterocycles. The van der Waals surface area contributed by atoms with E-state index in [0.29, 0.717) is 13.0 Å². The fourth-order valence-electron chi connectivity index (χ4n) is 1.14. The summed E-state index contributed by atoms with van der Waals surface area (Å²) in [7, 11) is 0. The van der Waals surface area contributed by atoms with Crippen molar-refractivity contribution in [1.82, 2.24) is 5.32 Å². The molecule has 1 unspecified atom stereocenters. The second kappa shape index (κ2) is 5.32. The highest BCUT2D eigenvalue weighted by molar-refractivity contribution is 5.73. The van der Waals surface area contributed by atoms with Crippen LogP contribution in [0.2, 0.25) is 0 Å². The van der Waals surface area contributed by atoms with Gasteiger partial charge in [0, 0.05) is 0 Å². The Morgan fingerprint density at radius 1 is 1.43 bits per heavy atom. The Labute approximate surface area is 85.3 Å². The van der Waals surface area contributed by atoms with Gasteiger partial charge in [-0.1, -0.05) is 13.8 Å². The lowest BCUT2D eigenvalue weighted by molar-refractivity contribution is -0.140. The van der Waals surface area contributed by atoms with E-state index in [4.69, 9.17) is 5.11 Å². The van der Waals surface area contributed by atoms with Crippen LogP contribution in [0.3, 0.4) is 0 Å². The molecule has 0 aromatic rings. The van der Waals surface area contributed by atoms with Gasteiger partial charge in [0.05, 0.1) is 5.60 Å². The van der Waals surface area contributed by atoms with Gasteiger partial charge in [0.15, 0.2) is 0 Å². The molecule has 0 rings (SSSR count). The van der Waals surface area contributed by atoms with E-state index in [1.54, 1.807) is 13.8 Å². The van der Waals surface area contributed by atoms with Crippen LogP contribution in [0, 0.1) is 5.92 Å². The SMILES string of the molecule is CC(C)C(NCCC(C)(C)O)C(=O)O. The minimum absolute atomic E-state index is 0.0503. The number of hydrogen-bond acceptors (Lipinski definition) is 3. The highest BCUT2D eigenvalue weighted by Crippen LogP contribution is 2.07. The number of aliphatic hydroxyl groups is 1. The lowest BCUT2D eigenvalue weighted by Gasteiger charge is -2.21. The maximum absolute atomic E-state index is 10.8. The van der Waals surface area contributed by atoms with Crippen molar-refractivity contribution >= 4 is 5.97 Å². The molecule has 0 spiro atoms. The Bertz CT molecular complexity index is 184. The third-order valence-corrected chi connectivity index (χ3v) is 2.03. The first-order valence-electron chi connectivity index (χ1n) is 4.92. The van der Waals surface area contributed by atoms with Gasteiger partial charge in [-0.15, -0.1) is 0 Å². The van der Waals surface area contributed by atoms with Crippen LogP contribution >= 0.6 is 0 Å². The molecule has 0 amide bonds. The van der Waals surface area contributed by atoms with Gasteiger partial charge >= 0.3 is 5.97 Å². The Morgan fingerprint density at radius 3 is 2.21 bits per heavy atom. The first-order chi connectivity index (χ1) is 6.24. The Morgan fingerprint density at radius 2 is 1.93 bits per heavy atom. The first-order valence-corrected chi connectivity index (χ1v) is 4.92. The van der Waals surface area contributed by atoms with Gasteiger partial charge in [-0.2, -0.15) is 0 Å². The van der Waals surface area contributed by atoms with Crippen molar-refractivity contribution in [2.45, 2.75) is 45.8 Å². The monoisotopic (exact) mass is 203 g/mol. The van der Waals surface area contributed by atoms with E-state index in [1.807, 2.05) is 13.8 Å². The summed E-state index contributed by atoms with van der Waals surface area (Å²) in [6, 6.07) is -0.530. The zero-order valence-electron chi connectivity index (χ0n) is 9.37. The molecule has 14 heavy (non-hydrogen) atoms. The van der Waals surface area contributed by atoms with Gasteiger partial charge in [-0.05, 0) is 32.7 Å². The molecular formula is C10H21NO3. The molecule has 0 fully saturated rings. The average Bonchev–Trinajstić information content (AvgIpc) is 1.94. The Balaban J connectivity index is 3.90. The maximum atomic E-state index is 10.8. The molecule has 1 atom stereocenters. The number of aliphatic carboxylic acids is 1. The van der Waals surface area contributed by atoms with E-state index in [1.165, 1.54) is 0 Å². The molecule has 84 valence electrons. The molecule has 0 radical (unpaired) electrons. The van der Waals surface area contributed by atoms with Crippen LogP contribution in [0.15, 0.2) is 0 Å². The van der Waals surface area contributed by atoms with Crippen molar-refractivity contribution in [3.05, 3.63) is 0 Å². The molecule has 0 aliphatic carbocycles. The average molecular weight is 203 g/mol. The van der Waals surface area contributed by atoms with Crippen LogP contribution < -0.4 is 5.32 Å². The molecule has 0 saturated carbocycles. The molecule has 0 saturated heterocycles. The zero-order valence-corrected chi connectivity index (χ0v) is 9.37. The minimum atomic E-state index is -0.837. The van der Waals surface area contributed by atoms with Crippen molar-refractivity contribution in [2.75, 3.05) is 6.54 Å². The largest absolute Gasteiger partial charge is 0.480 e. The maximum Gasteiger partial charge on any atom is 0.320 e. The quantitative estimate of drug-likeness (QED) is 0.598. The molecule has 4 nitrogen and oxygen atoms in total. The van der Waals surface area contributed by atoms with E-state index in [9.17, 15) is 9.90 Å². The molecule has 0 bridgehead atoms. The van der Waals surface area contributed by atoms with Gasteiger partial charge < -0.3 is 15.5 Å². The molecule has 0 aromatic carbocycles. The molecule has 0 heterocycles. The van der Waals surface area contributed by atoms with Crippen LogP contribution in [0.25, 0.3) is 0 Å². The zero-order chi connectivity index (χ0) is 11.4. The Hall–Kier alpha value is -0.610. The van der Waals surface area contributed by atoms with Crippen LogP contribution in [-0.2, 0) is 4.79 Å². The van der Waals surface area contributed by atoms with Crippen molar-refractivity contribution in [1.29, 1.82) is 0 Å². The van der Waals surface area contributed by atoms with Crippen LogP contribution in [0.5, 0.6) is 0 Å². The van der Waals surface area contributed by atoms with Gasteiger partial charge in [0.2, 0.25) is 0 Å². The predicted octanol–water partition coefficient (Wildman–Crippen LogP) is 0.846. The summed E-state index contributed by atoms with van der Waals surface area (Å²) in [6.45, 7) is 7.64. The smallest absolute Gasteiger partial charge is 0.320 e. The second-order valence-corrected chi connectivity index (χ2v) is 4.58. The van der Waals surface area contributed by atoms with Gasteiger partial charge in [-0.3, -0.25) is 4.79 Å². The highest BCUT2D eigenvalue weighted by atomic mass is 16.4. The van der Waals surface area contributed by atoms with Crippen molar-refractivity contribution in [2.24, 2.45) is 5.92 Å². The first kappa shape index (κ1) is 13.4. The van der Waals surface area contributed by atoms with Crippen molar-refractivity contribution in [3.63, 3.8) is 0 Å². The fourth-order valence-corrected chi connectivity index (χ4v) is 1.14. The molecule has 0 aliphatic heterocycles. The van der Waals surface area contributed by atoms with E-state index >= 15 is 0 Å². The summed E-state index contributed by atoms with van der Waals surface area (Å²) in [5, 5.41) is 21.2. The summed E-state index contributed by atoms with van der Waals surface area (Å²) < 4.78 is 0. The van der Waals surface area contributed by atoms with E-state index < -0.39 is 17.6 Å². The summed E-state index contributed by atoms with van der Waals surface area (Å²) in [4.78, 5) is 10.8. The van der Waals surface area contributed by atoms with E-state index in [-0.39, 0.29) is 5.92 Å². The van der Waals surface area contributed by atoms with Crippen LogP contribution in [0.4, 0.5) is 0 Å². The summed E-state index contributed by atoms with van der Waals surface area (Å²) in [5.74, 6) is -0.787. The lowest BCUT2D eigenvalue weighted by Crippen LogP contribution is -2.42. The normalized spacial score (nSPS) is 14.4.